The van der Waals surface area contributed by atoms with Crippen molar-refractivity contribution in [2.75, 3.05) is 37.0 Å². The first-order valence-electron chi connectivity index (χ1n) is 9.68. The number of allylic oxidation sites excluding steroid dienone is 2. The second-order valence-electron chi connectivity index (χ2n) is 7.10. The third kappa shape index (κ3) is 7.63. The highest BCUT2D eigenvalue weighted by molar-refractivity contribution is 6.39. The van der Waals surface area contributed by atoms with Gasteiger partial charge in [-0.2, -0.15) is 5.10 Å². The molecule has 10 nitrogen and oxygen atoms in total. The van der Waals surface area contributed by atoms with Gasteiger partial charge in [0, 0.05) is 25.4 Å². The molecule has 0 saturated heterocycles. The van der Waals surface area contributed by atoms with E-state index in [9.17, 15) is 9.59 Å². The molecule has 30 heavy (non-hydrogen) atoms. The molecule has 0 atom stereocenters. The first-order chi connectivity index (χ1) is 14.2. The summed E-state index contributed by atoms with van der Waals surface area (Å²) in [6.07, 6.45) is 5.07. The van der Waals surface area contributed by atoms with Crippen LogP contribution in [0.15, 0.2) is 23.9 Å². The van der Waals surface area contributed by atoms with Gasteiger partial charge in [-0.3, -0.25) is 20.0 Å². The first-order valence-corrected chi connectivity index (χ1v) is 9.68. The lowest BCUT2D eigenvalue weighted by atomic mass is 10.0. The number of aromatic amines is 2. The molecule has 166 valence electrons. The molecule has 2 heterocycles. The highest BCUT2D eigenvalue weighted by Gasteiger charge is 2.19. The summed E-state index contributed by atoms with van der Waals surface area (Å²) in [6, 6.07) is 1.71. The Morgan fingerprint density at radius 1 is 1.30 bits per heavy atom. The van der Waals surface area contributed by atoms with Crippen LogP contribution < -0.4 is 22.1 Å². The van der Waals surface area contributed by atoms with Gasteiger partial charge in [0.15, 0.2) is 5.82 Å². The van der Waals surface area contributed by atoms with E-state index in [1.165, 1.54) is 19.1 Å². The van der Waals surface area contributed by atoms with Crippen molar-refractivity contribution in [1.29, 1.82) is 0 Å². The lowest BCUT2D eigenvalue weighted by molar-refractivity contribution is -0.136. The molecule has 0 unspecified atom stereocenters. The molecule has 8 N–H and O–H groups in total. The van der Waals surface area contributed by atoms with Crippen molar-refractivity contribution >= 4 is 29.1 Å². The number of carbonyl (C=O) groups is 2. The van der Waals surface area contributed by atoms with Crippen LogP contribution in [0.25, 0.3) is 11.3 Å². The Morgan fingerprint density at radius 2 is 2.00 bits per heavy atom. The quantitative estimate of drug-likeness (QED) is 0.229. The summed E-state index contributed by atoms with van der Waals surface area (Å²) < 4.78 is 4.77. The third-order valence-electron chi connectivity index (χ3n) is 4.11. The smallest absolute Gasteiger partial charge is 0.314 e. The molecule has 0 radical (unpaired) electrons. The molecule has 0 aromatic carbocycles. The highest BCUT2D eigenvalue weighted by atomic mass is 16.5. The normalized spacial score (nSPS) is 11.1. The molecule has 2 amide bonds. The fraction of sp³-hybridized carbons (Fsp3) is 0.450. The van der Waals surface area contributed by atoms with E-state index in [1.54, 1.807) is 12.3 Å². The zero-order valence-electron chi connectivity index (χ0n) is 18.3. The van der Waals surface area contributed by atoms with Gasteiger partial charge in [-0.25, -0.2) is 0 Å². The molecule has 0 fully saturated rings. The Kier molecular flexibility index (Phi) is 10.2. The van der Waals surface area contributed by atoms with Gasteiger partial charge in [-0.05, 0) is 32.3 Å². The molecule has 0 aliphatic heterocycles. The number of aromatic nitrogens is 3. The van der Waals surface area contributed by atoms with E-state index in [4.69, 9.17) is 16.2 Å². The predicted molar refractivity (Wildman–Crippen MR) is 120 cm³/mol. The largest absolute Gasteiger partial charge is 0.394 e. The van der Waals surface area contributed by atoms with Gasteiger partial charge in [-0.15, -0.1) is 0 Å². The minimum atomic E-state index is -0.872. The van der Waals surface area contributed by atoms with Crippen LogP contribution in [-0.4, -0.2) is 47.3 Å². The number of hydrogen-bond donors (Lipinski definition) is 6. The summed E-state index contributed by atoms with van der Waals surface area (Å²) in [7, 11) is 1.49. The van der Waals surface area contributed by atoms with Crippen LogP contribution in [0.3, 0.4) is 0 Å². The standard InChI is InChI=1S/C12H17N7O3.C8H16/c1-22-5-4-16-11(20)12(21)17-10-7(13)8(18-19-10)6-2-3-15-9(6)14;1-5-8(4)6-7(2)3/h2-3,15H,4-5,13-14H2,1H3,(H,16,20)(H2,17,18,19,21);5,7H,6H2,1-4H3. The number of H-pyrrole nitrogens is 2. The molecule has 0 spiro atoms. The summed E-state index contributed by atoms with van der Waals surface area (Å²) in [6.45, 7) is 9.29. The minimum Gasteiger partial charge on any atom is -0.394 e. The maximum atomic E-state index is 11.7. The number of ether oxygens (including phenoxy) is 1. The number of anilines is 3. The molecule has 2 rings (SSSR count). The van der Waals surface area contributed by atoms with E-state index < -0.39 is 11.8 Å². The van der Waals surface area contributed by atoms with Crippen LogP contribution >= 0.6 is 0 Å². The monoisotopic (exact) mass is 419 g/mol. The molecule has 2 aromatic heterocycles. The Bertz CT molecular complexity index is 852. The lowest BCUT2D eigenvalue weighted by Gasteiger charge is -2.05. The number of carbonyl (C=O) groups excluding carboxylic acids is 2. The summed E-state index contributed by atoms with van der Waals surface area (Å²) >= 11 is 0. The number of nitrogens with zero attached hydrogens (tertiary/aromatic N) is 1. The van der Waals surface area contributed by atoms with Crippen LogP contribution in [-0.2, 0) is 14.3 Å². The number of rotatable bonds is 7. The van der Waals surface area contributed by atoms with Crippen molar-refractivity contribution in [3.8, 4) is 11.3 Å². The molecule has 0 aliphatic rings. The summed E-state index contributed by atoms with van der Waals surface area (Å²) in [5, 5.41) is 11.3. The van der Waals surface area contributed by atoms with E-state index in [-0.39, 0.29) is 18.1 Å². The van der Waals surface area contributed by atoms with Gasteiger partial charge in [0.25, 0.3) is 0 Å². The van der Waals surface area contributed by atoms with Crippen molar-refractivity contribution in [3.63, 3.8) is 0 Å². The minimum absolute atomic E-state index is 0.0579. The van der Waals surface area contributed by atoms with Crippen LogP contribution in [0.4, 0.5) is 17.3 Å². The maximum Gasteiger partial charge on any atom is 0.314 e. The van der Waals surface area contributed by atoms with Crippen molar-refractivity contribution in [3.05, 3.63) is 23.9 Å². The Hall–Kier alpha value is -3.27. The number of methoxy groups -OCH3 is 1. The van der Waals surface area contributed by atoms with E-state index in [0.717, 1.165) is 5.92 Å². The van der Waals surface area contributed by atoms with Gasteiger partial charge in [-0.1, -0.05) is 25.5 Å². The highest BCUT2D eigenvalue weighted by Crippen LogP contribution is 2.32. The second-order valence-corrected chi connectivity index (χ2v) is 7.10. The van der Waals surface area contributed by atoms with Crippen LogP contribution in [0, 0.1) is 5.92 Å². The van der Waals surface area contributed by atoms with E-state index >= 15 is 0 Å². The molecular weight excluding hydrogens is 386 g/mol. The fourth-order valence-electron chi connectivity index (χ4n) is 2.52. The number of hydrogen-bond acceptors (Lipinski definition) is 6. The van der Waals surface area contributed by atoms with Crippen molar-refractivity contribution in [2.45, 2.75) is 34.1 Å². The van der Waals surface area contributed by atoms with Crippen LogP contribution in [0.5, 0.6) is 0 Å². The second kappa shape index (κ2) is 12.3. The molecule has 0 saturated carbocycles. The number of amides is 2. The Balaban J connectivity index is 0.000000479. The van der Waals surface area contributed by atoms with Gasteiger partial charge in [0.1, 0.15) is 11.5 Å². The lowest BCUT2D eigenvalue weighted by Crippen LogP contribution is -2.37. The zero-order valence-corrected chi connectivity index (χ0v) is 18.3. The van der Waals surface area contributed by atoms with Crippen LogP contribution in [0.1, 0.15) is 34.1 Å². The maximum absolute atomic E-state index is 11.7. The first kappa shape index (κ1) is 24.8. The van der Waals surface area contributed by atoms with Gasteiger partial charge in [0.05, 0.1) is 12.3 Å². The SMILES string of the molecule is CC=C(C)CC(C)C.COCCNC(=O)C(=O)Nc1n[nH]c(-c2cc[nH]c2N)c1N. The van der Waals surface area contributed by atoms with Crippen molar-refractivity contribution in [1.82, 2.24) is 20.5 Å². The number of nitrogen functional groups attached to an aromatic ring is 2. The Morgan fingerprint density at radius 3 is 2.50 bits per heavy atom. The summed E-state index contributed by atoms with van der Waals surface area (Å²) in [5.41, 5.74) is 14.4. The average molecular weight is 420 g/mol. The number of nitrogens with one attached hydrogen (secondary N) is 4. The molecule has 2 aromatic rings. The van der Waals surface area contributed by atoms with Gasteiger partial charge >= 0.3 is 11.8 Å². The fourth-order valence-corrected chi connectivity index (χ4v) is 2.52. The molecular formula is C20H33N7O3. The van der Waals surface area contributed by atoms with E-state index in [1.807, 2.05) is 0 Å². The van der Waals surface area contributed by atoms with Gasteiger partial charge < -0.3 is 26.5 Å². The zero-order chi connectivity index (χ0) is 22.7. The number of nitrogens with two attached hydrogens (primary N) is 2. The third-order valence-corrected chi connectivity index (χ3v) is 4.11. The van der Waals surface area contributed by atoms with E-state index in [2.05, 4.69) is 59.6 Å². The molecule has 0 aliphatic carbocycles. The van der Waals surface area contributed by atoms with Gasteiger partial charge in [0.2, 0.25) is 0 Å². The summed E-state index contributed by atoms with van der Waals surface area (Å²) in [4.78, 5) is 26.1. The molecule has 0 bridgehead atoms. The average Bonchev–Trinajstić information content (AvgIpc) is 3.27. The predicted octanol–water partition coefficient (Wildman–Crippen LogP) is 2.27. The summed E-state index contributed by atoms with van der Waals surface area (Å²) in [5.74, 6) is -0.399. The van der Waals surface area contributed by atoms with Crippen molar-refractivity contribution in [2.24, 2.45) is 5.92 Å². The van der Waals surface area contributed by atoms with E-state index in [0.29, 0.717) is 23.7 Å². The topological polar surface area (TPSA) is 164 Å². The van der Waals surface area contributed by atoms with Crippen molar-refractivity contribution < 1.29 is 14.3 Å². The van der Waals surface area contributed by atoms with Crippen LogP contribution in [0.2, 0.25) is 0 Å². The molecule has 10 heteroatoms. The Labute approximate surface area is 176 Å².